The third kappa shape index (κ3) is 5.52. The quantitative estimate of drug-likeness (QED) is 0.467. The summed E-state index contributed by atoms with van der Waals surface area (Å²) in [7, 11) is 0. The van der Waals surface area contributed by atoms with Crippen molar-refractivity contribution in [2.75, 3.05) is 5.75 Å². The summed E-state index contributed by atoms with van der Waals surface area (Å²) in [5.41, 5.74) is 1.45. The van der Waals surface area contributed by atoms with Crippen LogP contribution in [0.1, 0.15) is 20.9 Å². The van der Waals surface area contributed by atoms with Gasteiger partial charge in [0.25, 0.3) is 0 Å². The first-order chi connectivity index (χ1) is 12.2. The zero-order valence-electron chi connectivity index (χ0n) is 13.3. The largest absolute Gasteiger partial charge is 0.351 e. The minimum atomic E-state index is -0.0457. The average Bonchev–Trinajstić information content (AvgIpc) is 3.30. The maximum absolute atomic E-state index is 12.1. The molecule has 1 amide bonds. The molecule has 3 aromatic rings. The molecule has 0 aliphatic carbocycles. The van der Waals surface area contributed by atoms with Gasteiger partial charge in [0.1, 0.15) is 0 Å². The van der Waals surface area contributed by atoms with E-state index in [1.165, 1.54) is 23.1 Å². The van der Waals surface area contributed by atoms with Crippen LogP contribution in [0.3, 0.4) is 0 Å². The van der Waals surface area contributed by atoms with Crippen molar-refractivity contribution >= 4 is 46.1 Å². The molecule has 0 atom stereocenters. The van der Waals surface area contributed by atoms with Gasteiger partial charge in [-0.2, -0.15) is 0 Å². The van der Waals surface area contributed by atoms with Gasteiger partial charge in [0, 0.05) is 15.8 Å². The van der Waals surface area contributed by atoms with Gasteiger partial charge < -0.3 is 5.32 Å². The van der Waals surface area contributed by atoms with Crippen molar-refractivity contribution in [1.82, 2.24) is 10.3 Å². The van der Waals surface area contributed by atoms with Crippen LogP contribution in [0.15, 0.2) is 57.6 Å². The number of ketones is 1. The van der Waals surface area contributed by atoms with E-state index in [2.05, 4.69) is 10.3 Å². The second-order valence-corrected chi connectivity index (χ2v) is 8.33. The minimum Gasteiger partial charge on any atom is -0.351 e. The predicted molar refractivity (Wildman–Crippen MR) is 103 cm³/mol. The van der Waals surface area contributed by atoms with E-state index in [1.807, 2.05) is 53.2 Å². The molecule has 7 heteroatoms. The standard InChI is InChI=1S/C18H16N2O2S3/c21-16(13-5-2-1-3-6-13)12-25-18-20-14(11-24-18)9-17(22)19-10-15-7-4-8-23-15/h1-8,11H,9-10,12H2,(H,19,22). The fourth-order valence-electron chi connectivity index (χ4n) is 2.10. The molecule has 2 aromatic heterocycles. The Morgan fingerprint density at radius 2 is 1.92 bits per heavy atom. The molecule has 0 spiro atoms. The number of thioether (sulfide) groups is 1. The minimum absolute atomic E-state index is 0.0457. The van der Waals surface area contributed by atoms with Crippen molar-refractivity contribution < 1.29 is 9.59 Å². The van der Waals surface area contributed by atoms with Crippen LogP contribution in [0.25, 0.3) is 0 Å². The Bertz CT molecular complexity index is 829. The number of aromatic nitrogens is 1. The lowest BCUT2D eigenvalue weighted by molar-refractivity contribution is -0.120. The normalized spacial score (nSPS) is 10.6. The molecule has 0 unspecified atom stereocenters. The van der Waals surface area contributed by atoms with Gasteiger partial charge in [-0.15, -0.1) is 22.7 Å². The molecule has 0 radical (unpaired) electrons. The van der Waals surface area contributed by atoms with Gasteiger partial charge in [0.2, 0.25) is 5.91 Å². The summed E-state index contributed by atoms with van der Waals surface area (Å²) in [5, 5.41) is 6.75. The number of thiazole rings is 1. The van der Waals surface area contributed by atoms with Gasteiger partial charge in [-0.25, -0.2) is 4.98 Å². The van der Waals surface area contributed by atoms with E-state index in [1.54, 1.807) is 11.3 Å². The van der Waals surface area contributed by atoms with Crippen LogP contribution >= 0.6 is 34.4 Å². The van der Waals surface area contributed by atoms with Crippen molar-refractivity contribution in [1.29, 1.82) is 0 Å². The van der Waals surface area contributed by atoms with Crippen molar-refractivity contribution in [2.45, 2.75) is 17.3 Å². The summed E-state index contributed by atoms with van der Waals surface area (Å²) in [5.74, 6) is 0.383. The fourth-order valence-corrected chi connectivity index (χ4v) is 4.48. The Hall–Kier alpha value is -1.96. The van der Waals surface area contributed by atoms with Crippen molar-refractivity contribution in [2.24, 2.45) is 0 Å². The molecule has 4 nitrogen and oxygen atoms in total. The van der Waals surface area contributed by atoms with Gasteiger partial charge in [0.05, 0.1) is 24.4 Å². The third-order valence-electron chi connectivity index (χ3n) is 3.33. The van der Waals surface area contributed by atoms with E-state index in [4.69, 9.17) is 0 Å². The van der Waals surface area contributed by atoms with Crippen molar-refractivity contribution in [3.8, 4) is 0 Å². The number of thiophene rings is 1. The topological polar surface area (TPSA) is 59.1 Å². The van der Waals surface area contributed by atoms with E-state index in [0.717, 1.165) is 14.9 Å². The maximum Gasteiger partial charge on any atom is 0.226 e. The van der Waals surface area contributed by atoms with E-state index >= 15 is 0 Å². The van der Waals surface area contributed by atoms with Crippen molar-refractivity contribution in [3.63, 3.8) is 0 Å². The van der Waals surface area contributed by atoms with E-state index in [-0.39, 0.29) is 18.1 Å². The first-order valence-electron chi connectivity index (χ1n) is 7.65. The van der Waals surface area contributed by atoms with E-state index in [9.17, 15) is 9.59 Å². The Morgan fingerprint density at radius 1 is 1.08 bits per heavy atom. The van der Waals surface area contributed by atoms with Gasteiger partial charge in [0.15, 0.2) is 10.1 Å². The first-order valence-corrected chi connectivity index (χ1v) is 10.4. The molecular formula is C18H16N2O2S3. The average molecular weight is 389 g/mol. The summed E-state index contributed by atoms with van der Waals surface area (Å²) in [4.78, 5) is 29.6. The highest BCUT2D eigenvalue weighted by Gasteiger charge is 2.11. The summed E-state index contributed by atoms with van der Waals surface area (Å²) in [6, 6.07) is 13.2. The molecule has 0 fully saturated rings. The number of hydrogen-bond acceptors (Lipinski definition) is 6. The molecule has 128 valence electrons. The molecule has 0 saturated carbocycles. The van der Waals surface area contributed by atoms with Crippen LogP contribution in [0.2, 0.25) is 0 Å². The monoisotopic (exact) mass is 388 g/mol. The second-order valence-electron chi connectivity index (χ2n) is 5.22. The Kier molecular flexibility index (Phi) is 6.38. The number of rotatable bonds is 8. The number of nitrogens with zero attached hydrogens (tertiary/aromatic N) is 1. The molecule has 0 aliphatic rings. The number of carbonyl (C=O) groups excluding carboxylic acids is 2. The van der Waals surface area contributed by atoms with Gasteiger partial charge in [-0.3, -0.25) is 9.59 Å². The molecular weight excluding hydrogens is 372 g/mol. The lowest BCUT2D eigenvalue weighted by Crippen LogP contribution is -2.24. The number of nitrogens with one attached hydrogen (secondary N) is 1. The van der Waals surface area contributed by atoms with Gasteiger partial charge in [-0.05, 0) is 11.4 Å². The summed E-state index contributed by atoms with van der Waals surface area (Å²) in [6.45, 7) is 0.549. The molecule has 0 aliphatic heterocycles. The van der Waals surface area contributed by atoms with Crippen LogP contribution in [0.4, 0.5) is 0 Å². The second kappa shape index (κ2) is 8.94. The Labute approximate surface area is 158 Å². The van der Waals surface area contributed by atoms with Crippen molar-refractivity contribution in [3.05, 3.63) is 69.4 Å². The molecule has 0 saturated heterocycles. The SMILES string of the molecule is O=C(Cc1csc(SCC(=O)c2ccccc2)n1)NCc1cccs1. The van der Waals surface area contributed by atoms with E-state index < -0.39 is 0 Å². The van der Waals surface area contributed by atoms with Gasteiger partial charge in [-0.1, -0.05) is 48.2 Å². The molecule has 2 heterocycles. The Balaban J connectivity index is 1.45. The van der Waals surface area contributed by atoms with E-state index in [0.29, 0.717) is 17.9 Å². The number of carbonyl (C=O) groups is 2. The van der Waals surface area contributed by atoms with Crippen LogP contribution < -0.4 is 5.32 Å². The van der Waals surface area contributed by atoms with Gasteiger partial charge >= 0.3 is 0 Å². The number of benzene rings is 1. The lowest BCUT2D eigenvalue weighted by Gasteiger charge is -2.01. The summed E-state index contributed by atoms with van der Waals surface area (Å²) in [6.07, 6.45) is 0.259. The molecule has 1 aromatic carbocycles. The first kappa shape index (κ1) is 17.8. The molecule has 25 heavy (non-hydrogen) atoms. The molecule has 0 bridgehead atoms. The summed E-state index contributed by atoms with van der Waals surface area (Å²) >= 11 is 4.50. The van der Waals surface area contributed by atoms with Crippen LogP contribution in [-0.4, -0.2) is 22.4 Å². The lowest BCUT2D eigenvalue weighted by atomic mass is 10.2. The fraction of sp³-hybridized carbons (Fsp3) is 0.167. The Morgan fingerprint density at radius 3 is 2.68 bits per heavy atom. The highest BCUT2D eigenvalue weighted by atomic mass is 32.2. The van der Waals surface area contributed by atoms with Crippen LogP contribution in [0, 0.1) is 0 Å². The molecule has 1 N–H and O–H groups in total. The zero-order valence-corrected chi connectivity index (χ0v) is 15.8. The van der Waals surface area contributed by atoms with Crippen LogP contribution in [-0.2, 0) is 17.8 Å². The zero-order chi connectivity index (χ0) is 17.5. The molecule has 3 rings (SSSR count). The number of amides is 1. The third-order valence-corrected chi connectivity index (χ3v) is 6.28. The highest BCUT2D eigenvalue weighted by molar-refractivity contribution is 8.01. The predicted octanol–water partition coefficient (Wildman–Crippen LogP) is 4.04. The van der Waals surface area contributed by atoms with Crippen LogP contribution in [0.5, 0.6) is 0 Å². The number of hydrogen-bond donors (Lipinski definition) is 1. The maximum atomic E-state index is 12.1. The summed E-state index contributed by atoms with van der Waals surface area (Å²) < 4.78 is 0.810. The highest BCUT2D eigenvalue weighted by Crippen LogP contribution is 2.23. The smallest absolute Gasteiger partial charge is 0.226 e. The number of Topliss-reactive ketones (excluding diaryl/α,β-unsaturated/α-hetero) is 1.